The predicted molar refractivity (Wildman–Crippen MR) is 74.2 cm³/mol. The van der Waals surface area contributed by atoms with Crippen LogP contribution in [0.2, 0.25) is 0 Å². The van der Waals surface area contributed by atoms with E-state index in [4.69, 9.17) is 9.47 Å². The molecule has 3 nitrogen and oxygen atoms in total. The van der Waals surface area contributed by atoms with E-state index in [-0.39, 0.29) is 11.4 Å². The third-order valence-electron chi connectivity index (χ3n) is 2.57. The molecule has 1 radical (unpaired) electrons. The molecule has 18 heavy (non-hydrogen) atoms. The molecule has 0 amide bonds. The third-order valence-corrected chi connectivity index (χ3v) is 2.57. The van der Waals surface area contributed by atoms with E-state index in [1.165, 1.54) is 0 Å². The molecular weight excluding hydrogens is 228 g/mol. The number of carbonyl (C=O) groups is 1. The highest BCUT2D eigenvalue weighted by atomic mass is 16.5. The van der Waals surface area contributed by atoms with E-state index in [1.807, 2.05) is 0 Å². The van der Waals surface area contributed by atoms with Crippen molar-refractivity contribution in [3.63, 3.8) is 0 Å². The van der Waals surface area contributed by atoms with Gasteiger partial charge < -0.3 is 9.47 Å². The Labute approximate surface area is 112 Å². The SMILES string of the molecule is [CH2]COCCCCOC(=O)CC(C)CC(C)(C)C. The highest BCUT2D eigenvalue weighted by Crippen LogP contribution is 2.26. The second-order valence-electron chi connectivity index (χ2n) is 6.11. The Hall–Kier alpha value is -0.570. The normalized spacial score (nSPS) is 13.4. The number of hydrogen-bond donors (Lipinski definition) is 0. The highest BCUT2D eigenvalue weighted by Gasteiger charge is 2.18. The van der Waals surface area contributed by atoms with Crippen molar-refractivity contribution >= 4 is 5.97 Å². The maximum absolute atomic E-state index is 11.6. The molecule has 0 heterocycles. The van der Waals surface area contributed by atoms with Crippen molar-refractivity contribution in [1.29, 1.82) is 0 Å². The monoisotopic (exact) mass is 257 g/mol. The van der Waals surface area contributed by atoms with Crippen LogP contribution in [-0.2, 0) is 14.3 Å². The first-order valence-electron chi connectivity index (χ1n) is 6.88. The van der Waals surface area contributed by atoms with Crippen LogP contribution in [0.25, 0.3) is 0 Å². The molecule has 0 N–H and O–H groups in total. The number of esters is 1. The summed E-state index contributed by atoms with van der Waals surface area (Å²) in [6.45, 7) is 14.0. The maximum Gasteiger partial charge on any atom is 0.306 e. The van der Waals surface area contributed by atoms with Gasteiger partial charge in [0, 0.05) is 19.6 Å². The number of unbranched alkanes of at least 4 members (excludes halogenated alkanes) is 1. The van der Waals surface area contributed by atoms with Gasteiger partial charge in [-0.3, -0.25) is 4.79 Å². The molecule has 0 aliphatic carbocycles. The summed E-state index contributed by atoms with van der Waals surface area (Å²) in [6.07, 6.45) is 3.34. The molecular formula is C15H29O3. The lowest BCUT2D eigenvalue weighted by Crippen LogP contribution is -2.16. The highest BCUT2D eigenvalue weighted by molar-refractivity contribution is 5.69. The van der Waals surface area contributed by atoms with Crippen LogP contribution in [0.4, 0.5) is 0 Å². The van der Waals surface area contributed by atoms with E-state index < -0.39 is 0 Å². The Kier molecular flexibility index (Phi) is 9.08. The van der Waals surface area contributed by atoms with E-state index >= 15 is 0 Å². The Morgan fingerprint density at radius 3 is 2.39 bits per heavy atom. The first kappa shape index (κ1) is 17.4. The molecule has 0 saturated carbocycles. The predicted octanol–water partition coefficient (Wildman–Crippen LogP) is 3.62. The quantitative estimate of drug-likeness (QED) is 0.467. The van der Waals surface area contributed by atoms with Crippen LogP contribution in [0.1, 0.15) is 53.4 Å². The molecule has 0 aromatic rings. The Bertz CT molecular complexity index is 218. The van der Waals surface area contributed by atoms with Gasteiger partial charge in [0.25, 0.3) is 0 Å². The van der Waals surface area contributed by atoms with Crippen LogP contribution in [-0.4, -0.2) is 25.8 Å². The minimum Gasteiger partial charge on any atom is -0.466 e. The van der Waals surface area contributed by atoms with Crippen molar-refractivity contribution in [2.24, 2.45) is 11.3 Å². The third kappa shape index (κ3) is 11.9. The van der Waals surface area contributed by atoms with Crippen molar-refractivity contribution in [2.75, 3.05) is 19.8 Å². The van der Waals surface area contributed by atoms with E-state index in [1.54, 1.807) is 0 Å². The van der Waals surface area contributed by atoms with Gasteiger partial charge in [-0.2, -0.15) is 0 Å². The molecule has 3 heteroatoms. The van der Waals surface area contributed by atoms with E-state index in [0.717, 1.165) is 19.3 Å². The van der Waals surface area contributed by atoms with Gasteiger partial charge in [0.05, 0.1) is 6.61 Å². The number of rotatable bonds is 9. The van der Waals surface area contributed by atoms with E-state index in [2.05, 4.69) is 34.6 Å². The molecule has 0 aromatic heterocycles. The standard InChI is InChI=1S/C15H29O3/c1-6-17-9-7-8-10-18-14(16)11-13(2)12-15(3,4)5/h13H,1,6-12H2,2-5H3. The molecule has 0 aliphatic rings. The average molecular weight is 257 g/mol. The summed E-state index contributed by atoms with van der Waals surface area (Å²) < 4.78 is 10.3. The zero-order valence-electron chi connectivity index (χ0n) is 12.5. The molecule has 107 valence electrons. The molecule has 1 unspecified atom stereocenters. The molecule has 0 fully saturated rings. The molecule has 0 spiro atoms. The summed E-state index contributed by atoms with van der Waals surface area (Å²) in [6, 6.07) is 0. The van der Waals surface area contributed by atoms with Crippen LogP contribution in [0.5, 0.6) is 0 Å². The average Bonchev–Trinajstić information content (AvgIpc) is 2.20. The largest absolute Gasteiger partial charge is 0.466 e. The Balaban J connectivity index is 3.53. The van der Waals surface area contributed by atoms with Gasteiger partial charge in [0.15, 0.2) is 0 Å². The molecule has 0 aliphatic heterocycles. The molecule has 0 bridgehead atoms. The molecule has 0 rings (SSSR count). The summed E-state index contributed by atoms with van der Waals surface area (Å²) in [5.74, 6) is 0.303. The van der Waals surface area contributed by atoms with Gasteiger partial charge in [-0.05, 0) is 37.5 Å². The fraction of sp³-hybridized carbons (Fsp3) is 0.867. The summed E-state index contributed by atoms with van der Waals surface area (Å²) in [5.41, 5.74) is 0.269. The lowest BCUT2D eigenvalue weighted by Gasteiger charge is -2.22. The summed E-state index contributed by atoms with van der Waals surface area (Å²) in [4.78, 5) is 11.6. The lowest BCUT2D eigenvalue weighted by molar-refractivity contribution is -0.145. The summed E-state index contributed by atoms with van der Waals surface area (Å²) >= 11 is 0. The fourth-order valence-corrected chi connectivity index (χ4v) is 2.06. The second kappa shape index (κ2) is 9.37. The van der Waals surface area contributed by atoms with Gasteiger partial charge >= 0.3 is 5.97 Å². The van der Waals surface area contributed by atoms with Crippen molar-refractivity contribution < 1.29 is 14.3 Å². The topological polar surface area (TPSA) is 35.5 Å². The van der Waals surface area contributed by atoms with Crippen molar-refractivity contribution in [2.45, 2.75) is 53.4 Å². The first-order valence-corrected chi connectivity index (χ1v) is 6.88. The van der Waals surface area contributed by atoms with Crippen LogP contribution >= 0.6 is 0 Å². The van der Waals surface area contributed by atoms with Crippen molar-refractivity contribution in [3.05, 3.63) is 6.92 Å². The Morgan fingerprint density at radius 2 is 1.83 bits per heavy atom. The molecule has 0 saturated heterocycles. The minimum absolute atomic E-state index is 0.0789. The van der Waals surface area contributed by atoms with E-state index in [9.17, 15) is 4.79 Å². The number of carbonyl (C=O) groups excluding carboxylic acids is 1. The van der Waals surface area contributed by atoms with Crippen molar-refractivity contribution in [3.8, 4) is 0 Å². The van der Waals surface area contributed by atoms with E-state index in [0.29, 0.717) is 32.2 Å². The number of ether oxygens (including phenoxy) is 2. The zero-order chi connectivity index (χ0) is 14.0. The van der Waals surface area contributed by atoms with Crippen LogP contribution < -0.4 is 0 Å². The van der Waals surface area contributed by atoms with Crippen LogP contribution in [0.15, 0.2) is 0 Å². The van der Waals surface area contributed by atoms with Gasteiger partial charge in [-0.25, -0.2) is 0 Å². The smallest absolute Gasteiger partial charge is 0.306 e. The zero-order valence-corrected chi connectivity index (χ0v) is 12.5. The van der Waals surface area contributed by atoms with Gasteiger partial charge in [0.2, 0.25) is 0 Å². The van der Waals surface area contributed by atoms with Crippen molar-refractivity contribution in [1.82, 2.24) is 0 Å². The number of hydrogen-bond acceptors (Lipinski definition) is 3. The summed E-state index contributed by atoms with van der Waals surface area (Å²) in [5, 5.41) is 0. The second-order valence-corrected chi connectivity index (χ2v) is 6.11. The van der Waals surface area contributed by atoms with Gasteiger partial charge in [0.1, 0.15) is 0 Å². The Morgan fingerprint density at radius 1 is 1.22 bits per heavy atom. The van der Waals surface area contributed by atoms with Gasteiger partial charge in [-0.15, -0.1) is 0 Å². The maximum atomic E-state index is 11.6. The summed E-state index contributed by atoms with van der Waals surface area (Å²) in [7, 11) is 0. The van der Waals surface area contributed by atoms with Gasteiger partial charge in [-0.1, -0.05) is 27.7 Å². The first-order chi connectivity index (χ1) is 8.35. The molecule has 1 atom stereocenters. The minimum atomic E-state index is -0.0789. The van der Waals surface area contributed by atoms with Crippen LogP contribution in [0.3, 0.4) is 0 Å². The molecule has 0 aromatic carbocycles. The van der Waals surface area contributed by atoms with Crippen LogP contribution in [0, 0.1) is 18.3 Å². The fourth-order valence-electron chi connectivity index (χ4n) is 2.06. The lowest BCUT2D eigenvalue weighted by atomic mass is 9.84.